The van der Waals surface area contributed by atoms with Crippen LogP contribution in [0.25, 0.3) is 11.3 Å². The largest absolute Gasteiger partial charge is 0.486 e. The Morgan fingerprint density at radius 3 is 2.74 bits per heavy atom. The van der Waals surface area contributed by atoms with Crippen molar-refractivity contribution in [2.45, 2.75) is 19.4 Å². The molecule has 1 atom stereocenters. The van der Waals surface area contributed by atoms with E-state index in [9.17, 15) is 4.79 Å². The second-order valence-electron chi connectivity index (χ2n) is 8.55. The summed E-state index contributed by atoms with van der Waals surface area (Å²) in [5.74, 6) is 1.91. The lowest BCUT2D eigenvalue weighted by molar-refractivity contribution is -0.141. The Labute approximate surface area is 182 Å². The Balaban J connectivity index is 1.31. The van der Waals surface area contributed by atoms with Crippen LogP contribution in [0.1, 0.15) is 18.4 Å². The molecule has 8 nitrogen and oxygen atoms in total. The van der Waals surface area contributed by atoms with Crippen molar-refractivity contribution in [3.8, 4) is 22.8 Å². The van der Waals surface area contributed by atoms with E-state index in [-0.39, 0.29) is 11.8 Å². The molecule has 0 radical (unpaired) electrons. The molecule has 166 valence electrons. The van der Waals surface area contributed by atoms with Gasteiger partial charge in [0.15, 0.2) is 11.5 Å². The first-order valence-corrected chi connectivity index (χ1v) is 11.2. The highest BCUT2D eigenvalue weighted by Gasteiger charge is 2.30. The van der Waals surface area contributed by atoms with Gasteiger partial charge >= 0.3 is 0 Å². The lowest BCUT2D eigenvalue weighted by Gasteiger charge is -2.36. The molecule has 4 heterocycles. The van der Waals surface area contributed by atoms with Gasteiger partial charge in [-0.2, -0.15) is 5.10 Å². The third-order valence-corrected chi connectivity index (χ3v) is 6.29. The van der Waals surface area contributed by atoms with Gasteiger partial charge < -0.3 is 19.1 Å². The van der Waals surface area contributed by atoms with E-state index >= 15 is 0 Å². The predicted octanol–water partition coefficient (Wildman–Crippen LogP) is 1.93. The van der Waals surface area contributed by atoms with Crippen molar-refractivity contribution in [2.75, 3.05) is 52.6 Å². The Morgan fingerprint density at radius 1 is 1.10 bits per heavy atom. The first-order chi connectivity index (χ1) is 15.2. The molecule has 5 rings (SSSR count). The summed E-state index contributed by atoms with van der Waals surface area (Å²) < 4.78 is 18.7. The van der Waals surface area contributed by atoms with Crippen LogP contribution in [-0.4, -0.2) is 78.1 Å². The number of hydrogen-bond donors (Lipinski definition) is 0. The van der Waals surface area contributed by atoms with Gasteiger partial charge in [0.25, 0.3) is 0 Å². The maximum absolute atomic E-state index is 13.0. The zero-order chi connectivity index (χ0) is 21.2. The van der Waals surface area contributed by atoms with Crippen LogP contribution in [0.2, 0.25) is 0 Å². The van der Waals surface area contributed by atoms with Crippen molar-refractivity contribution in [1.82, 2.24) is 19.6 Å². The SMILES string of the molecule is Cn1cc(CN2CCC[C@H](C(=O)N3CCOCC3)C2)c(-c2ccc3c(c2)OCCO3)n1. The second kappa shape index (κ2) is 8.88. The van der Waals surface area contributed by atoms with Crippen LogP contribution >= 0.6 is 0 Å². The summed E-state index contributed by atoms with van der Waals surface area (Å²) >= 11 is 0. The molecule has 0 bridgehead atoms. The summed E-state index contributed by atoms with van der Waals surface area (Å²) in [5.41, 5.74) is 3.15. The molecule has 1 aromatic carbocycles. The summed E-state index contributed by atoms with van der Waals surface area (Å²) in [6, 6.07) is 6.02. The Bertz CT molecular complexity index is 938. The number of amides is 1. The third kappa shape index (κ3) is 4.41. The van der Waals surface area contributed by atoms with E-state index in [1.54, 1.807) is 0 Å². The molecule has 2 aromatic rings. The van der Waals surface area contributed by atoms with Gasteiger partial charge in [0.05, 0.1) is 24.8 Å². The molecule has 31 heavy (non-hydrogen) atoms. The highest BCUT2D eigenvalue weighted by Crippen LogP contribution is 2.35. The third-order valence-electron chi connectivity index (χ3n) is 6.29. The van der Waals surface area contributed by atoms with Crippen molar-refractivity contribution in [2.24, 2.45) is 13.0 Å². The summed E-state index contributed by atoms with van der Waals surface area (Å²) in [7, 11) is 1.95. The van der Waals surface area contributed by atoms with Gasteiger partial charge in [-0.1, -0.05) is 0 Å². The molecule has 2 fully saturated rings. The van der Waals surface area contributed by atoms with E-state index in [0.717, 1.165) is 55.2 Å². The topological polar surface area (TPSA) is 69.1 Å². The van der Waals surface area contributed by atoms with Crippen molar-refractivity contribution in [1.29, 1.82) is 0 Å². The zero-order valence-corrected chi connectivity index (χ0v) is 18.1. The van der Waals surface area contributed by atoms with Crippen molar-refractivity contribution < 1.29 is 19.0 Å². The molecule has 3 aliphatic heterocycles. The lowest BCUT2D eigenvalue weighted by Crippen LogP contribution is -2.48. The number of morpholine rings is 1. The van der Waals surface area contributed by atoms with Gasteiger partial charge in [-0.05, 0) is 37.6 Å². The van der Waals surface area contributed by atoms with Gasteiger partial charge in [-0.15, -0.1) is 0 Å². The number of hydrogen-bond acceptors (Lipinski definition) is 6. The molecular formula is C23H30N4O4. The number of rotatable bonds is 4. The van der Waals surface area contributed by atoms with Gasteiger partial charge in [-0.25, -0.2) is 0 Å². The molecule has 8 heteroatoms. The fraction of sp³-hybridized carbons (Fsp3) is 0.565. The van der Waals surface area contributed by atoms with Gasteiger partial charge in [0, 0.05) is 50.6 Å². The number of fused-ring (bicyclic) bond motifs is 1. The van der Waals surface area contributed by atoms with Crippen LogP contribution in [0.3, 0.4) is 0 Å². The number of carbonyl (C=O) groups excluding carboxylic acids is 1. The standard InChI is InChI=1S/C23H30N4O4/c1-25-14-19(22(24-25)17-4-5-20-21(13-17)31-12-11-30-20)16-26-6-2-3-18(15-26)23(28)27-7-9-29-10-8-27/h4-5,13-14,18H,2-3,6-12,15-16H2,1H3/t18-/m0/s1. The zero-order valence-electron chi connectivity index (χ0n) is 18.1. The predicted molar refractivity (Wildman–Crippen MR) is 115 cm³/mol. The molecular weight excluding hydrogens is 396 g/mol. The highest BCUT2D eigenvalue weighted by molar-refractivity contribution is 5.79. The second-order valence-corrected chi connectivity index (χ2v) is 8.55. The van der Waals surface area contributed by atoms with Crippen LogP contribution in [0.4, 0.5) is 0 Å². The minimum Gasteiger partial charge on any atom is -0.486 e. The van der Waals surface area contributed by atoms with Crippen LogP contribution in [-0.2, 0) is 23.1 Å². The number of piperidine rings is 1. The molecule has 0 unspecified atom stereocenters. The molecule has 0 aliphatic carbocycles. The quantitative estimate of drug-likeness (QED) is 0.744. The van der Waals surface area contributed by atoms with Crippen molar-refractivity contribution in [3.63, 3.8) is 0 Å². The fourth-order valence-corrected chi connectivity index (χ4v) is 4.77. The average Bonchev–Trinajstić information content (AvgIpc) is 3.19. The van der Waals surface area contributed by atoms with Gasteiger partial charge in [0.1, 0.15) is 13.2 Å². The number of carbonyl (C=O) groups is 1. The van der Waals surface area contributed by atoms with E-state index in [4.69, 9.17) is 19.3 Å². The number of ether oxygens (including phenoxy) is 3. The molecule has 3 aliphatic rings. The summed E-state index contributed by atoms with van der Waals surface area (Å²) in [6.45, 7) is 6.46. The molecule has 0 saturated carbocycles. The minimum atomic E-state index is 0.0706. The van der Waals surface area contributed by atoms with E-state index in [2.05, 4.69) is 11.1 Å². The highest BCUT2D eigenvalue weighted by atomic mass is 16.6. The number of nitrogens with zero attached hydrogens (tertiary/aromatic N) is 4. The smallest absolute Gasteiger partial charge is 0.227 e. The lowest BCUT2D eigenvalue weighted by atomic mass is 9.95. The minimum absolute atomic E-state index is 0.0706. The van der Waals surface area contributed by atoms with E-state index in [1.807, 2.05) is 34.8 Å². The van der Waals surface area contributed by atoms with Gasteiger partial charge in [-0.3, -0.25) is 14.4 Å². The number of likely N-dealkylation sites (tertiary alicyclic amines) is 1. The van der Waals surface area contributed by atoms with Crippen molar-refractivity contribution in [3.05, 3.63) is 30.0 Å². The Morgan fingerprint density at radius 2 is 1.90 bits per heavy atom. The Hall–Kier alpha value is -2.58. The van der Waals surface area contributed by atoms with Crippen LogP contribution in [0.5, 0.6) is 11.5 Å². The summed E-state index contributed by atoms with van der Waals surface area (Å²) in [6.07, 6.45) is 4.09. The molecule has 2 saturated heterocycles. The summed E-state index contributed by atoms with van der Waals surface area (Å²) in [4.78, 5) is 17.4. The molecule has 1 aromatic heterocycles. The number of aryl methyl sites for hydroxylation is 1. The first-order valence-electron chi connectivity index (χ1n) is 11.2. The van der Waals surface area contributed by atoms with E-state index in [0.29, 0.717) is 39.5 Å². The van der Waals surface area contributed by atoms with Gasteiger partial charge in [0.2, 0.25) is 5.91 Å². The van der Waals surface area contributed by atoms with E-state index < -0.39 is 0 Å². The monoisotopic (exact) mass is 426 g/mol. The maximum atomic E-state index is 13.0. The van der Waals surface area contributed by atoms with E-state index in [1.165, 1.54) is 5.56 Å². The fourth-order valence-electron chi connectivity index (χ4n) is 4.77. The number of aromatic nitrogens is 2. The maximum Gasteiger partial charge on any atom is 0.227 e. The molecule has 0 N–H and O–H groups in total. The van der Waals surface area contributed by atoms with Crippen LogP contribution < -0.4 is 9.47 Å². The molecule has 0 spiro atoms. The average molecular weight is 427 g/mol. The normalized spacial score (nSPS) is 21.8. The Kier molecular flexibility index (Phi) is 5.82. The number of benzene rings is 1. The first kappa shape index (κ1) is 20.3. The molecule has 1 amide bonds. The van der Waals surface area contributed by atoms with Crippen LogP contribution in [0.15, 0.2) is 24.4 Å². The summed E-state index contributed by atoms with van der Waals surface area (Å²) in [5, 5.41) is 4.73. The van der Waals surface area contributed by atoms with Crippen molar-refractivity contribution >= 4 is 5.91 Å². The van der Waals surface area contributed by atoms with Crippen LogP contribution in [0, 0.1) is 5.92 Å².